The summed E-state index contributed by atoms with van der Waals surface area (Å²) in [5.74, 6) is 1.17. The fraction of sp³-hybridized carbons (Fsp3) is 0.148. The second-order valence-corrected chi connectivity index (χ2v) is 8.48. The van der Waals surface area contributed by atoms with Crippen LogP contribution in [0.1, 0.15) is 40.8 Å². The van der Waals surface area contributed by atoms with Gasteiger partial charge in [0.1, 0.15) is 24.8 Å². The van der Waals surface area contributed by atoms with E-state index in [2.05, 4.69) is 33.3 Å². The van der Waals surface area contributed by atoms with Gasteiger partial charge in [-0.1, -0.05) is 47.6 Å². The number of imidazole rings is 1. The number of aliphatic hydroxyl groups excluding tert-OH is 1. The van der Waals surface area contributed by atoms with Crippen LogP contribution >= 0.6 is 0 Å². The van der Waals surface area contributed by atoms with Crippen molar-refractivity contribution in [2.75, 3.05) is 0 Å². The predicted molar refractivity (Wildman–Crippen MR) is 131 cm³/mol. The van der Waals surface area contributed by atoms with Crippen molar-refractivity contribution in [3.05, 3.63) is 111 Å². The van der Waals surface area contributed by atoms with Gasteiger partial charge in [-0.15, -0.1) is 0 Å². The quantitative estimate of drug-likeness (QED) is 0.413. The Morgan fingerprint density at radius 3 is 2.74 bits per heavy atom. The van der Waals surface area contributed by atoms with Crippen molar-refractivity contribution >= 4 is 22.2 Å². The van der Waals surface area contributed by atoms with Crippen molar-refractivity contribution in [1.82, 2.24) is 19.7 Å². The second-order valence-electron chi connectivity index (χ2n) is 8.48. The molecule has 35 heavy (non-hydrogen) atoms. The third-order valence-electron chi connectivity index (χ3n) is 6.36. The van der Waals surface area contributed by atoms with Crippen LogP contribution in [0, 0.1) is 0 Å². The Morgan fingerprint density at radius 2 is 1.91 bits per heavy atom. The molecule has 2 aromatic heterocycles. The fourth-order valence-corrected chi connectivity index (χ4v) is 4.73. The van der Waals surface area contributed by atoms with E-state index in [9.17, 15) is 9.90 Å². The Bertz CT molecular complexity index is 1660. The first-order valence-corrected chi connectivity index (χ1v) is 11.3. The van der Waals surface area contributed by atoms with E-state index in [0.717, 1.165) is 50.2 Å². The average molecular weight is 466 g/mol. The molecule has 0 saturated carbocycles. The van der Waals surface area contributed by atoms with Crippen LogP contribution in [-0.2, 0) is 19.8 Å². The van der Waals surface area contributed by atoms with E-state index in [0.29, 0.717) is 24.8 Å². The first-order chi connectivity index (χ1) is 17.1. The molecule has 5 aromatic rings. The van der Waals surface area contributed by atoms with Crippen LogP contribution in [-0.4, -0.2) is 24.8 Å². The van der Waals surface area contributed by atoms with Gasteiger partial charge in [0.2, 0.25) is 0 Å². The maximum absolute atomic E-state index is 11.6. The number of aromatic nitrogens is 4. The molecule has 8 nitrogen and oxygen atoms in total. The van der Waals surface area contributed by atoms with Crippen molar-refractivity contribution in [2.45, 2.75) is 26.7 Å². The number of aromatic amines is 1. The Kier molecular flexibility index (Phi) is 5.08. The first kappa shape index (κ1) is 21.1. The summed E-state index contributed by atoms with van der Waals surface area (Å²) >= 11 is 0. The lowest BCUT2D eigenvalue weighted by molar-refractivity contribution is 0.267. The van der Waals surface area contributed by atoms with E-state index in [-0.39, 0.29) is 6.61 Å². The Balaban J connectivity index is 1.49. The molecule has 0 bridgehead atoms. The van der Waals surface area contributed by atoms with E-state index in [1.54, 1.807) is 0 Å². The highest BCUT2D eigenvalue weighted by Crippen LogP contribution is 2.40. The standard InChI is InChI=1S/C27H22N4O4/c1-16(26-29-27(33)35-30-26)25-19-11-10-17(12-18(19)15-34-23-9-5-2-6-20(23)25)13-31-22-8-4-3-7-21(22)28-24(31)14-32/h2-12,32H,13-15H2,1H3,(H,29,30,33)/b25-16+. The van der Waals surface area contributed by atoms with E-state index in [4.69, 9.17) is 9.26 Å². The van der Waals surface area contributed by atoms with Crippen molar-refractivity contribution in [1.29, 1.82) is 0 Å². The highest BCUT2D eigenvalue weighted by molar-refractivity contribution is 5.99. The molecule has 0 spiro atoms. The minimum Gasteiger partial charge on any atom is -0.488 e. The number of hydrogen-bond donors (Lipinski definition) is 2. The molecular formula is C27H22N4O4. The van der Waals surface area contributed by atoms with Crippen molar-refractivity contribution in [3.63, 3.8) is 0 Å². The number of allylic oxidation sites excluding steroid dienone is 1. The number of hydrogen-bond acceptors (Lipinski definition) is 6. The van der Waals surface area contributed by atoms with Crippen molar-refractivity contribution in [2.24, 2.45) is 0 Å². The minimum atomic E-state index is -0.596. The smallest absolute Gasteiger partial charge is 0.439 e. The second kappa shape index (κ2) is 8.41. The fourth-order valence-electron chi connectivity index (χ4n) is 4.73. The molecule has 0 saturated heterocycles. The van der Waals surface area contributed by atoms with Crippen LogP contribution in [0.15, 0.2) is 76.0 Å². The number of nitrogens with zero attached hydrogens (tertiary/aromatic N) is 3. The van der Waals surface area contributed by atoms with E-state index in [1.165, 1.54) is 0 Å². The first-order valence-electron chi connectivity index (χ1n) is 11.3. The zero-order valence-electron chi connectivity index (χ0n) is 19.0. The van der Waals surface area contributed by atoms with Gasteiger partial charge in [-0.05, 0) is 53.5 Å². The molecule has 174 valence electrons. The Labute approximate surface area is 200 Å². The summed E-state index contributed by atoms with van der Waals surface area (Å²) in [6.45, 7) is 2.73. The van der Waals surface area contributed by atoms with Crippen LogP contribution in [0.5, 0.6) is 5.75 Å². The predicted octanol–water partition coefficient (Wildman–Crippen LogP) is 4.12. The normalized spacial score (nSPS) is 14.2. The number of ether oxygens (including phenoxy) is 1. The Hall–Kier alpha value is -4.43. The number of para-hydroxylation sites is 3. The van der Waals surface area contributed by atoms with Gasteiger partial charge in [0.15, 0.2) is 5.82 Å². The largest absolute Gasteiger partial charge is 0.488 e. The molecule has 3 heterocycles. The third kappa shape index (κ3) is 3.64. The molecule has 8 heteroatoms. The summed E-state index contributed by atoms with van der Waals surface area (Å²) in [7, 11) is 0. The molecule has 0 radical (unpaired) electrons. The highest BCUT2D eigenvalue weighted by atomic mass is 16.5. The molecule has 0 unspecified atom stereocenters. The van der Waals surface area contributed by atoms with E-state index >= 15 is 0 Å². The molecule has 0 atom stereocenters. The number of fused-ring (bicyclic) bond motifs is 3. The maximum Gasteiger partial charge on any atom is 0.439 e. The summed E-state index contributed by atoms with van der Waals surface area (Å²) in [5, 5.41) is 13.8. The van der Waals surface area contributed by atoms with Crippen LogP contribution in [0.4, 0.5) is 0 Å². The highest BCUT2D eigenvalue weighted by Gasteiger charge is 2.23. The summed E-state index contributed by atoms with van der Waals surface area (Å²) in [4.78, 5) is 18.8. The van der Waals surface area contributed by atoms with Crippen molar-refractivity contribution in [3.8, 4) is 5.75 Å². The van der Waals surface area contributed by atoms with Gasteiger partial charge < -0.3 is 14.4 Å². The number of H-pyrrole nitrogens is 1. The van der Waals surface area contributed by atoms with Gasteiger partial charge in [0, 0.05) is 17.7 Å². The summed E-state index contributed by atoms with van der Waals surface area (Å²) in [5.41, 5.74) is 7.52. The molecule has 2 N–H and O–H groups in total. The van der Waals surface area contributed by atoms with E-state index in [1.807, 2.05) is 60.0 Å². The lowest BCUT2D eigenvalue weighted by Crippen LogP contribution is -2.07. The monoisotopic (exact) mass is 466 g/mol. The topological polar surface area (TPSA) is 106 Å². The number of benzene rings is 3. The zero-order chi connectivity index (χ0) is 23.9. The number of nitrogens with one attached hydrogen (secondary N) is 1. The van der Waals surface area contributed by atoms with Gasteiger partial charge >= 0.3 is 5.76 Å². The minimum absolute atomic E-state index is 0.139. The van der Waals surface area contributed by atoms with Gasteiger partial charge in [-0.2, -0.15) is 0 Å². The van der Waals surface area contributed by atoms with E-state index < -0.39 is 5.76 Å². The molecule has 0 amide bonds. The van der Waals surface area contributed by atoms with Crippen LogP contribution in [0.3, 0.4) is 0 Å². The SMILES string of the molecule is C/C(=C1/c2ccc(Cn3c(CO)nc4ccccc43)cc2COc2ccccc21)c1noc(=O)[nH]1. The van der Waals surface area contributed by atoms with Crippen molar-refractivity contribution < 1.29 is 14.4 Å². The average Bonchev–Trinajstić information content (AvgIpc) is 3.43. The number of aliphatic hydroxyl groups is 1. The Morgan fingerprint density at radius 1 is 1.09 bits per heavy atom. The lowest BCUT2D eigenvalue weighted by atomic mass is 9.89. The third-order valence-corrected chi connectivity index (χ3v) is 6.36. The van der Waals surface area contributed by atoms with Gasteiger partial charge in [-0.3, -0.25) is 9.51 Å². The molecule has 0 aliphatic carbocycles. The summed E-state index contributed by atoms with van der Waals surface area (Å²) in [6.07, 6.45) is 0. The van der Waals surface area contributed by atoms with Gasteiger partial charge in [0.25, 0.3) is 0 Å². The molecule has 6 rings (SSSR count). The van der Waals surface area contributed by atoms with Gasteiger partial charge in [-0.25, -0.2) is 9.78 Å². The summed E-state index contributed by atoms with van der Waals surface area (Å²) in [6, 6.07) is 22.0. The summed E-state index contributed by atoms with van der Waals surface area (Å²) < 4.78 is 13.0. The molecular weight excluding hydrogens is 444 g/mol. The van der Waals surface area contributed by atoms with Crippen LogP contribution in [0.25, 0.3) is 22.2 Å². The lowest BCUT2D eigenvalue weighted by Gasteiger charge is -2.15. The number of rotatable bonds is 4. The van der Waals surface area contributed by atoms with Gasteiger partial charge in [0.05, 0.1) is 11.0 Å². The molecule has 3 aromatic carbocycles. The molecule has 0 fully saturated rings. The molecule has 1 aliphatic rings. The van der Waals surface area contributed by atoms with Crippen LogP contribution < -0.4 is 10.5 Å². The molecule has 1 aliphatic heterocycles. The maximum atomic E-state index is 11.6. The zero-order valence-corrected chi connectivity index (χ0v) is 19.0. The van der Waals surface area contributed by atoms with Crippen LogP contribution in [0.2, 0.25) is 0 Å².